The van der Waals surface area contributed by atoms with Gasteiger partial charge in [0.05, 0.1) is 23.3 Å². The molecular weight excluding hydrogens is 411 g/mol. The lowest BCUT2D eigenvalue weighted by atomic mass is 10.2. The van der Waals surface area contributed by atoms with Crippen LogP contribution in [0.25, 0.3) is 5.95 Å². The first-order valence-electron chi connectivity index (χ1n) is 7.84. The van der Waals surface area contributed by atoms with Crippen LogP contribution in [0, 0.1) is 5.82 Å². The van der Waals surface area contributed by atoms with Crippen LogP contribution in [0.4, 0.5) is 4.39 Å². The number of rotatable bonds is 5. The van der Waals surface area contributed by atoms with E-state index in [1.54, 1.807) is 6.92 Å². The molecule has 0 spiro atoms. The van der Waals surface area contributed by atoms with Crippen LogP contribution in [-0.2, 0) is 9.84 Å². The second kappa shape index (κ2) is 7.60. The number of nitrogens with zero attached hydrogens (tertiary/aromatic N) is 5. The van der Waals surface area contributed by atoms with Crippen molar-refractivity contribution in [2.24, 2.45) is 0 Å². The molecule has 1 aromatic carbocycles. The second-order valence-corrected chi connectivity index (χ2v) is 8.33. The van der Waals surface area contributed by atoms with E-state index in [2.05, 4.69) is 25.4 Å². The Hall–Kier alpha value is -2.92. The van der Waals surface area contributed by atoms with Gasteiger partial charge in [-0.3, -0.25) is 4.79 Å². The van der Waals surface area contributed by atoms with E-state index in [0.29, 0.717) is 5.82 Å². The average molecular weight is 425 g/mol. The van der Waals surface area contributed by atoms with Crippen molar-refractivity contribution in [2.45, 2.75) is 17.9 Å². The normalized spacial score (nSPS) is 12.6. The molecule has 2 heterocycles. The third kappa shape index (κ3) is 4.31. The van der Waals surface area contributed by atoms with Gasteiger partial charge >= 0.3 is 0 Å². The van der Waals surface area contributed by atoms with Crippen molar-refractivity contribution in [3.8, 4) is 5.95 Å². The van der Waals surface area contributed by atoms with E-state index >= 15 is 0 Å². The minimum Gasteiger partial charge on any atom is -0.342 e. The number of benzene rings is 1. The summed E-state index contributed by atoms with van der Waals surface area (Å²) in [5, 5.41) is 6.78. The molecule has 28 heavy (non-hydrogen) atoms. The second-order valence-electron chi connectivity index (χ2n) is 5.87. The summed E-state index contributed by atoms with van der Waals surface area (Å²) in [6.45, 7) is 1.64. The predicted octanol–water partition coefficient (Wildman–Crippen LogP) is 1.74. The highest BCUT2D eigenvalue weighted by molar-refractivity contribution is 7.90. The number of nitrogens with one attached hydrogen (secondary N) is 1. The monoisotopic (exact) mass is 424 g/mol. The summed E-state index contributed by atoms with van der Waals surface area (Å²) in [4.78, 5) is 24.2. The van der Waals surface area contributed by atoms with Crippen molar-refractivity contribution in [2.75, 3.05) is 6.26 Å². The molecule has 0 radical (unpaired) electrons. The summed E-state index contributed by atoms with van der Waals surface area (Å²) in [5.41, 5.74) is 0.0730. The van der Waals surface area contributed by atoms with Gasteiger partial charge in [0.15, 0.2) is 21.5 Å². The number of sulfone groups is 1. The van der Waals surface area contributed by atoms with E-state index in [1.807, 2.05) is 0 Å². The Morgan fingerprint density at radius 2 is 1.89 bits per heavy atom. The smallest absolute Gasteiger partial charge is 0.252 e. The lowest BCUT2D eigenvalue weighted by Crippen LogP contribution is -2.29. The lowest BCUT2D eigenvalue weighted by molar-refractivity contribution is 0.0937. The quantitative estimate of drug-likeness (QED) is 0.662. The molecule has 0 aliphatic heterocycles. The van der Waals surface area contributed by atoms with Gasteiger partial charge in [-0.2, -0.15) is 9.78 Å². The maximum absolute atomic E-state index is 13.0. The van der Waals surface area contributed by atoms with E-state index in [4.69, 9.17) is 11.6 Å². The fourth-order valence-electron chi connectivity index (χ4n) is 2.37. The van der Waals surface area contributed by atoms with Crippen LogP contribution < -0.4 is 5.32 Å². The van der Waals surface area contributed by atoms with Crippen LogP contribution in [-0.4, -0.2) is 45.3 Å². The Bertz CT molecular complexity index is 1130. The van der Waals surface area contributed by atoms with Gasteiger partial charge < -0.3 is 5.32 Å². The largest absolute Gasteiger partial charge is 0.342 e. The number of carbonyl (C=O) groups is 1. The van der Waals surface area contributed by atoms with Gasteiger partial charge in [0, 0.05) is 16.8 Å². The summed E-state index contributed by atoms with van der Waals surface area (Å²) in [6, 6.07) is 3.20. The molecular formula is C16H14ClFN6O3S. The SMILES string of the molecule is C[C@@H](NC(=O)c1cc(Cl)cc(S(C)(=O)=O)c1)c1ncnn1-c1ncc(F)cn1. The Labute approximate surface area is 164 Å². The maximum Gasteiger partial charge on any atom is 0.252 e. The fraction of sp³-hybridized carbons (Fsp3) is 0.188. The summed E-state index contributed by atoms with van der Waals surface area (Å²) < 4.78 is 37.8. The van der Waals surface area contributed by atoms with Crippen molar-refractivity contribution < 1.29 is 17.6 Å². The zero-order chi connectivity index (χ0) is 20.5. The van der Waals surface area contributed by atoms with Crippen LogP contribution in [0.2, 0.25) is 5.02 Å². The summed E-state index contributed by atoms with van der Waals surface area (Å²) >= 11 is 5.94. The Morgan fingerprint density at radius 3 is 2.54 bits per heavy atom. The molecule has 1 amide bonds. The van der Waals surface area contributed by atoms with E-state index in [1.165, 1.54) is 29.2 Å². The van der Waals surface area contributed by atoms with Gasteiger partial charge in [0.1, 0.15) is 6.33 Å². The Morgan fingerprint density at radius 1 is 1.21 bits per heavy atom. The highest BCUT2D eigenvalue weighted by Gasteiger charge is 2.20. The first kappa shape index (κ1) is 19.8. The highest BCUT2D eigenvalue weighted by Crippen LogP contribution is 2.20. The van der Waals surface area contributed by atoms with Crippen LogP contribution in [0.15, 0.2) is 41.8 Å². The van der Waals surface area contributed by atoms with E-state index in [9.17, 15) is 17.6 Å². The van der Waals surface area contributed by atoms with E-state index in [-0.39, 0.29) is 21.4 Å². The molecule has 3 rings (SSSR count). The molecule has 146 valence electrons. The number of hydrogen-bond donors (Lipinski definition) is 1. The van der Waals surface area contributed by atoms with Crippen molar-refractivity contribution >= 4 is 27.3 Å². The molecule has 0 unspecified atom stereocenters. The molecule has 12 heteroatoms. The number of amides is 1. The summed E-state index contributed by atoms with van der Waals surface area (Å²) in [6.07, 6.45) is 4.23. The van der Waals surface area contributed by atoms with E-state index < -0.39 is 27.6 Å². The van der Waals surface area contributed by atoms with Gasteiger partial charge in [-0.25, -0.2) is 27.8 Å². The topological polar surface area (TPSA) is 120 Å². The van der Waals surface area contributed by atoms with Gasteiger partial charge in [-0.1, -0.05) is 11.6 Å². The number of aromatic nitrogens is 5. The van der Waals surface area contributed by atoms with Crippen molar-refractivity contribution in [3.05, 3.63) is 59.1 Å². The molecule has 9 nitrogen and oxygen atoms in total. The molecule has 0 fully saturated rings. The number of carbonyl (C=O) groups excluding carboxylic acids is 1. The minimum atomic E-state index is -3.54. The predicted molar refractivity (Wildman–Crippen MR) is 97.4 cm³/mol. The van der Waals surface area contributed by atoms with Gasteiger partial charge in [-0.05, 0) is 25.1 Å². The van der Waals surface area contributed by atoms with Gasteiger partial charge in [0.25, 0.3) is 11.9 Å². The van der Waals surface area contributed by atoms with Crippen LogP contribution in [0.3, 0.4) is 0 Å². The first-order valence-corrected chi connectivity index (χ1v) is 10.1. The molecule has 0 aliphatic rings. The molecule has 1 atom stereocenters. The summed E-state index contributed by atoms with van der Waals surface area (Å²) in [7, 11) is -3.54. The molecule has 0 saturated heterocycles. The van der Waals surface area contributed by atoms with Crippen LogP contribution in [0.1, 0.15) is 29.1 Å². The van der Waals surface area contributed by atoms with Crippen molar-refractivity contribution in [1.82, 2.24) is 30.0 Å². The third-order valence-electron chi connectivity index (χ3n) is 3.67. The van der Waals surface area contributed by atoms with Crippen molar-refractivity contribution in [3.63, 3.8) is 0 Å². The van der Waals surface area contributed by atoms with Crippen molar-refractivity contribution in [1.29, 1.82) is 0 Å². The number of halogens is 2. The Kier molecular flexibility index (Phi) is 5.38. The maximum atomic E-state index is 13.0. The number of hydrogen-bond acceptors (Lipinski definition) is 7. The molecule has 1 N–H and O–H groups in total. The first-order chi connectivity index (χ1) is 13.1. The molecule has 0 saturated carbocycles. The Balaban J connectivity index is 1.86. The lowest BCUT2D eigenvalue weighted by Gasteiger charge is -2.14. The molecule has 3 aromatic rings. The van der Waals surface area contributed by atoms with Gasteiger partial charge in [0.2, 0.25) is 0 Å². The van der Waals surface area contributed by atoms with E-state index in [0.717, 1.165) is 18.6 Å². The average Bonchev–Trinajstić information content (AvgIpc) is 3.11. The zero-order valence-corrected chi connectivity index (χ0v) is 16.2. The van der Waals surface area contributed by atoms with Gasteiger partial charge in [-0.15, -0.1) is 0 Å². The van der Waals surface area contributed by atoms with Crippen LogP contribution in [0.5, 0.6) is 0 Å². The molecule has 2 aromatic heterocycles. The minimum absolute atomic E-state index is 0.0688. The highest BCUT2D eigenvalue weighted by atomic mass is 35.5. The fourth-order valence-corrected chi connectivity index (χ4v) is 3.35. The summed E-state index contributed by atoms with van der Waals surface area (Å²) in [5.74, 6) is -0.786. The zero-order valence-electron chi connectivity index (χ0n) is 14.7. The molecule has 0 bridgehead atoms. The van der Waals surface area contributed by atoms with Crippen LogP contribution >= 0.6 is 11.6 Å². The third-order valence-corrected chi connectivity index (χ3v) is 4.98. The standard InChI is InChI=1S/C16H14ClFN6O3S/c1-9(14-21-8-22-24(14)16-19-6-12(18)7-20-16)23-15(25)10-3-11(17)5-13(4-10)28(2,26)27/h3-9H,1-2H3,(H,23,25)/t9-/m1/s1. The molecule has 0 aliphatic carbocycles.